The molecule has 1 aliphatic carbocycles. The molecule has 0 unspecified atom stereocenters. The summed E-state index contributed by atoms with van der Waals surface area (Å²) in [6.07, 6.45) is 18.3. The Balaban J connectivity index is 1.39. The van der Waals surface area contributed by atoms with Gasteiger partial charge in [-0.1, -0.05) is 86.6 Å². The van der Waals surface area contributed by atoms with E-state index in [9.17, 15) is 0 Å². The number of allylic oxidation sites excluding steroid dienone is 2. The molecule has 1 aliphatic rings. The third-order valence-corrected chi connectivity index (χ3v) is 7.89. The lowest BCUT2D eigenvalue weighted by Gasteiger charge is -2.28. The van der Waals surface area contributed by atoms with Crippen molar-refractivity contribution < 1.29 is 4.39 Å². The molecule has 3 aromatic carbocycles. The van der Waals surface area contributed by atoms with Crippen LogP contribution in [0.2, 0.25) is 0 Å². The number of hydrogen-bond acceptors (Lipinski definition) is 0. The van der Waals surface area contributed by atoms with Crippen LogP contribution in [-0.2, 0) is 6.42 Å². The highest BCUT2D eigenvalue weighted by atomic mass is 19.1. The smallest absolute Gasteiger partial charge is 0.146 e. The molecule has 3 aromatic rings. The summed E-state index contributed by atoms with van der Waals surface area (Å²) in [5, 5.41) is 1.66. The zero-order chi connectivity index (χ0) is 25.2. The van der Waals surface area contributed by atoms with E-state index < -0.39 is 0 Å². The molecule has 0 amide bonds. The van der Waals surface area contributed by atoms with Crippen molar-refractivity contribution in [3.8, 4) is 11.8 Å². The summed E-state index contributed by atoms with van der Waals surface area (Å²) in [7, 11) is 0. The average molecular weight is 481 g/mol. The number of halogens is 1. The molecule has 1 heteroatoms. The zero-order valence-electron chi connectivity index (χ0n) is 22.2. The monoisotopic (exact) mass is 480 g/mol. The molecule has 0 radical (unpaired) electrons. The van der Waals surface area contributed by atoms with E-state index in [1.54, 1.807) is 0 Å². The fourth-order valence-corrected chi connectivity index (χ4v) is 5.59. The molecule has 4 rings (SSSR count). The van der Waals surface area contributed by atoms with Crippen LogP contribution in [0.1, 0.15) is 106 Å². The Labute approximate surface area is 218 Å². The van der Waals surface area contributed by atoms with E-state index in [0.29, 0.717) is 16.9 Å². The molecule has 36 heavy (non-hydrogen) atoms. The molecule has 0 bridgehead atoms. The van der Waals surface area contributed by atoms with Gasteiger partial charge in [0.2, 0.25) is 0 Å². The second kappa shape index (κ2) is 13.5. The maximum Gasteiger partial charge on any atom is 0.146 e. The summed E-state index contributed by atoms with van der Waals surface area (Å²) >= 11 is 0. The summed E-state index contributed by atoms with van der Waals surface area (Å²) in [6, 6.07) is 18.6. The molecule has 0 aliphatic heterocycles. The Hall–Kier alpha value is -2.85. The van der Waals surface area contributed by atoms with E-state index >= 15 is 4.39 Å². The third kappa shape index (κ3) is 7.10. The Morgan fingerprint density at radius 3 is 2.44 bits per heavy atom. The maximum atomic E-state index is 15.3. The van der Waals surface area contributed by atoms with Crippen LogP contribution in [-0.4, -0.2) is 0 Å². The summed E-state index contributed by atoms with van der Waals surface area (Å²) in [5.41, 5.74) is 4.12. The minimum absolute atomic E-state index is 0.202. The van der Waals surface area contributed by atoms with Gasteiger partial charge in [-0.05, 0) is 105 Å². The van der Waals surface area contributed by atoms with E-state index in [0.717, 1.165) is 23.3 Å². The molecule has 0 heterocycles. The predicted molar refractivity (Wildman–Crippen MR) is 153 cm³/mol. The summed E-state index contributed by atoms with van der Waals surface area (Å²) in [5.74, 6) is 7.49. The van der Waals surface area contributed by atoms with Crippen molar-refractivity contribution in [2.75, 3.05) is 0 Å². The normalized spacial score (nSPS) is 17.9. The van der Waals surface area contributed by atoms with Gasteiger partial charge in [0.15, 0.2) is 0 Å². The minimum atomic E-state index is -0.202. The molecule has 0 spiro atoms. The third-order valence-electron chi connectivity index (χ3n) is 7.89. The van der Waals surface area contributed by atoms with E-state index in [1.807, 2.05) is 18.2 Å². The zero-order valence-corrected chi connectivity index (χ0v) is 22.2. The predicted octanol–water partition coefficient (Wildman–Crippen LogP) is 10.1. The summed E-state index contributed by atoms with van der Waals surface area (Å²) < 4.78 is 15.3. The van der Waals surface area contributed by atoms with Crippen LogP contribution >= 0.6 is 0 Å². The van der Waals surface area contributed by atoms with Crippen molar-refractivity contribution in [2.45, 2.75) is 90.4 Å². The van der Waals surface area contributed by atoms with E-state index in [1.165, 1.54) is 75.3 Å². The van der Waals surface area contributed by atoms with Gasteiger partial charge in [-0.15, -0.1) is 0 Å². The minimum Gasteiger partial charge on any atom is -0.205 e. The van der Waals surface area contributed by atoms with Gasteiger partial charge >= 0.3 is 0 Å². The van der Waals surface area contributed by atoms with Crippen LogP contribution in [0.15, 0.2) is 66.7 Å². The molecular formula is C35H41F. The summed E-state index contributed by atoms with van der Waals surface area (Å²) in [4.78, 5) is 0. The highest BCUT2D eigenvalue weighted by Crippen LogP contribution is 2.38. The average Bonchev–Trinajstić information content (AvgIpc) is 2.92. The van der Waals surface area contributed by atoms with Gasteiger partial charge in [0.25, 0.3) is 0 Å². The fraction of sp³-hybridized carbons (Fsp3) is 0.429. The van der Waals surface area contributed by atoms with Gasteiger partial charge in [-0.2, -0.15) is 0 Å². The number of aryl methyl sites for hydroxylation is 1. The first-order valence-electron chi connectivity index (χ1n) is 14.1. The molecule has 0 nitrogen and oxygen atoms in total. The fourth-order valence-electron chi connectivity index (χ4n) is 5.59. The first kappa shape index (κ1) is 26.2. The van der Waals surface area contributed by atoms with Crippen LogP contribution in [0.3, 0.4) is 0 Å². The molecule has 0 N–H and O–H groups in total. The highest BCUT2D eigenvalue weighted by Gasteiger charge is 2.22. The number of benzene rings is 3. The largest absolute Gasteiger partial charge is 0.205 e. The van der Waals surface area contributed by atoms with Crippen molar-refractivity contribution >= 4 is 10.8 Å². The lowest BCUT2D eigenvalue weighted by molar-refractivity contribution is 0.312. The van der Waals surface area contributed by atoms with Crippen LogP contribution in [0.25, 0.3) is 10.8 Å². The lowest BCUT2D eigenvalue weighted by Crippen LogP contribution is -2.13. The van der Waals surface area contributed by atoms with Gasteiger partial charge in [0.05, 0.1) is 5.56 Å². The lowest BCUT2D eigenvalue weighted by atomic mass is 9.77. The number of fused-ring (bicyclic) bond motifs is 1. The van der Waals surface area contributed by atoms with Gasteiger partial charge in [0, 0.05) is 10.9 Å². The number of rotatable bonds is 9. The second-order valence-corrected chi connectivity index (χ2v) is 10.5. The Bertz CT molecular complexity index is 1200. The van der Waals surface area contributed by atoms with Gasteiger partial charge in [-0.25, -0.2) is 4.39 Å². The van der Waals surface area contributed by atoms with Crippen LogP contribution < -0.4 is 0 Å². The summed E-state index contributed by atoms with van der Waals surface area (Å²) in [6.45, 7) is 4.34. The molecule has 188 valence electrons. The second-order valence-electron chi connectivity index (χ2n) is 10.5. The Morgan fingerprint density at radius 1 is 0.889 bits per heavy atom. The van der Waals surface area contributed by atoms with Crippen molar-refractivity contribution in [2.24, 2.45) is 5.92 Å². The van der Waals surface area contributed by atoms with E-state index in [2.05, 4.69) is 74.2 Å². The van der Waals surface area contributed by atoms with Crippen molar-refractivity contribution in [3.05, 3.63) is 94.8 Å². The van der Waals surface area contributed by atoms with Crippen LogP contribution in [0, 0.1) is 23.6 Å². The quantitative estimate of drug-likeness (QED) is 0.162. The molecule has 0 saturated heterocycles. The van der Waals surface area contributed by atoms with Gasteiger partial charge < -0.3 is 0 Å². The van der Waals surface area contributed by atoms with Crippen molar-refractivity contribution in [1.82, 2.24) is 0 Å². The molecule has 0 aromatic heterocycles. The molecule has 1 saturated carbocycles. The van der Waals surface area contributed by atoms with Crippen LogP contribution in [0.4, 0.5) is 4.39 Å². The topological polar surface area (TPSA) is 0 Å². The molecular weight excluding hydrogens is 439 g/mol. The first-order valence-corrected chi connectivity index (χ1v) is 14.1. The highest BCUT2D eigenvalue weighted by molar-refractivity contribution is 5.85. The Morgan fingerprint density at radius 2 is 1.69 bits per heavy atom. The SMILES string of the molecule is C/C=C/CCC1CCC(c2ccc3c(F)c(C#Cc4ccc(CCCCCC)cc4)ccc3c2)CC1. The van der Waals surface area contributed by atoms with Crippen LogP contribution in [0.5, 0.6) is 0 Å². The van der Waals surface area contributed by atoms with Gasteiger partial charge in [0.1, 0.15) is 5.82 Å². The van der Waals surface area contributed by atoms with Crippen molar-refractivity contribution in [3.63, 3.8) is 0 Å². The van der Waals surface area contributed by atoms with Gasteiger partial charge in [-0.3, -0.25) is 0 Å². The molecule has 1 fully saturated rings. The number of hydrogen-bond donors (Lipinski definition) is 0. The van der Waals surface area contributed by atoms with E-state index in [-0.39, 0.29) is 5.82 Å². The first-order chi connectivity index (χ1) is 17.7. The molecule has 0 atom stereocenters. The standard InChI is InChI=1S/C35H41F/c1-3-5-7-9-11-27-12-14-29(15-13-27)18-21-31-22-23-33-26-32(24-25-34(33)35(31)36)30-19-16-28(17-20-30)10-8-6-4-2/h4,6,12-15,22-26,28,30H,3,5,7-11,16-17,19-20H2,1-2H3/b6-4+. The maximum absolute atomic E-state index is 15.3. The van der Waals surface area contributed by atoms with Crippen molar-refractivity contribution in [1.29, 1.82) is 0 Å². The number of unbranched alkanes of at least 4 members (excludes halogenated alkanes) is 3. The Kier molecular flexibility index (Phi) is 9.80. The van der Waals surface area contributed by atoms with E-state index in [4.69, 9.17) is 0 Å².